The first-order chi connectivity index (χ1) is 12.3. The summed E-state index contributed by atoms with van der Waals surface area (Å²) in [5.41, 5.74) is 6.90. The van der Waals surface area contributed by atoms with E-state index in [1.165, 1.54) is 12.3 Å². The lowest BCUT2D eigenvalue weighted by Gasteiger charge is -2.12. The van der Waals surface area contributed by atoms with Crippen LogP contribution in [0.4, 0.5) is 18.9 Å². The van der Waals surface area contributed by atoms with E-state index in [-0.39, 0.29) is 5.52 Å². The Morgan fingerprint density at radius 1 is 1.12 bits per heavy atom. The number of aromatic nitrogens is 1. The highest BCUT2D eigenvalue weighted by atomic mass is 19.4. The van der Waals surface area contributed by atoms with Gasteiger partial charge in [-0.05, 0) is 42.3 Å². The van der Waals surface area contributed by atoms with Gasteiger partial charge < -0.3 is 11.1 Å². The summed E-state index contributed by atoms with van der Waals surface area (Å²) >= 11 is 0. The first-order valence-corrected chi connectivity index (χ1v) is 7.93. The van der Waals surface area contributed by atoms with Crippen molar-refractivity contribution < 1.29 is 18.0 Å². The van der Waals surface area contributed by atoms with Crippen LogP contribution >= 0.6 is 0 Å². The summed E-state index contributed by atoms with van der Waals surface area (Å²) in [6, 6.07) is 12.2. The van der Waals surface area contributed by atoms with Gasteiger partial charge in [-0.15, -0.1) is 0 Å². The maximum absolute atomic E-state index is 12.8. The van der Waals surface area contributed by atoms with E-state index < -0.39 is 17.6 Å². The van der Waals surface area contributed by atoms with Crippen molar-refractivity contribution in [3.05, 3.63) is 71.4 Å². The van der Waals surface area contributed by atoms with Crippen LogP contribution in [0.25, 0.3) is 10.9 Å². The van der Waals surface area contributed by atoms with E-state index in [1.54, 1.807) is 24.3 Å². The second-order valence-electron chi connectivity index (χ2n) is 5.83. The highest BCUT2D eigenvalue weighted by Gasteiger charge is 2.30. The zero-order valence-electron chi connectivity index (χ0n) is 13.7. The van der Waals surface area contributed by atoms with Gasteiger partial charge in [0, 0.05) is 29.4 Å². The minimum atomic E-state index is -4.40. The first-order valence-electron chi connectivity index (χ1n) is 7.93. The van der Waals surface area contributed by atoms with Crippen LogP contribution in [0.3, 0.4) is 0 Å². The largest absolute Gasteiger partial charge is 0.416 e. The molecule has 0 unspecified atom stereocenters. The molecule has 0 spiro atoms. The molecule has 1 heterocycles. The van der Waals surface area contributed by atoms with Crippen LogP contribution in [0, 0.1) is 0 Å². The number of anilines is 1. The molecule has 3 aromatic rings. The van der Waals surface area contributed by atoms with Gasteiger partial charge in [0.15, 0.2) is 0 Å². The molecule has 4 nitrogen and oxygen atoms in total. The number of nitrogens with zero attached hydrogens (tertiary/aromatic N) is 1. The Labute approximate surface area is 147 Å². The third-order valence-corrected chi connectivity index (χ3v) is 4.01. The van der Waals surface area contributed by atoms with Crippen LogP contribution in [0.5, 0.6) is 0 Å². The molecular formula is C19H16F3N3O. The Kier molecular flexibility index (Phi) is 4.79. The van der Waals surface area contributed by atoms with E-state index >= 15 is 0 Å². The minimum Gasteiger partial charge on any atom is -0.384 e. The van der Waals surface area contributed by atoms with E-state index in [9.17, 15) is 18.0 Å². The second-order valence-corrected chi connectivity index (χ2v) is 5.83. The van der Waals surface area contributed by atoms with Gasteiger partial charge in [0.25, 0.3) is 0 Å². The van der Waals surface area contributed by atoms with Gasteiger partial charge in [0.05, 0.1) is 11.1 Å². The third-order valence-electron chi connectivity index (χ3n) is 4.01. The maximum atomic E-state index is 12.8. The fourth-order valence-electron chi connectivity index (χ4n) is 2.70. The standard InChI is InChI=1S/C19H16F3N3O/c20-19(21,22)14-4-5-15-16(7-9-25-17(15)11-14)24-8-6-12-2-1-3-13(10-12)18(23)26/h1-5,7,9-11H,6,8H2,(H2,23,26)(H,24,25). The lowest BCUT2D eigenvalue weighted by molar-refractivity contribution is -0.137. The number of hydrogen-bond acceptors (Lipinski definition) is 3. The average Bonchev–Trinajstić information content (AvgIpc) is 2.61. The van der Waals surface area contributed by atoms with Crippen LogP contribution in [0.2, 0.25) is 0 Å². The summed E-state index contributed by atoms with van der Waals surface area (Å²) in [7, 11) is 0. The van der Waals surface area contributed by atoms with Crippen LogP contribution in [0.1, 0.15) is 21.5 Å². The summed E-state index contributed by atoms with van der Waals surface area (Å²) in [5.74, 6) is -0.486. The number of halogens is 3. The molecule has 134 valence electrons. The van der Waals surface area contributed by atoms with Crippen molar-refractivity contribution in [3.63, 3.8) is 0 Å². The topological polar surface area (TPSA) is 68.0 Å². The lowest BCUT2D eigenvalue weighted by atomic mass is 10.1. The molecule has 3 rings (SSSR count). The smallest absolute Gasteiger partial charge is 0.384 e. The predicted octanol–water partition coefficient (Wildman–Crippen LogP) is 4.01. The van der Waals surface area contributed by atoms with Gasteiger partial charge in [-0.25, -0.2) is 0 Å². The molecule has 3 N–H and O–H groups in total. The van der Waals surface area contributed by atoms with E-state index in [0.717, 1.165) is 17.7 Å². The van der Waals surface area contributed by atoms with E-state index in [1.807, 2.05) is 6.07 Å². The number of hydrogen-bond donors (Lipinski definition) is 2. The van der Waals surface area contributed by atoms with E-state index in [4.69, 9.17) is 5.73 Å². The lowest BCUT2D eigenvalue weighted by Crippen LogP contribution is -2.12. The number of carbonyl (C=O) groups is 1. The second kappa shape index (κ2) is 7.03. The number of primary amides is 1. The van der Waals surface area contributed by atoms with Crippen molar-refractivity contribution in [1.82, 2.24) is 4.98 Å². The van der Waals surface area contributed by atoms with E-state index in [0.29, 0.717) is 29.6 Å². The molecule has 0 radical (unpaired) electrons. The predicted molar refractivity (Wildman–Crippen MR) is 93.9 cm³/mol. The summed E-state index contributed by atoms with van der Waals surface area (Å²) in [4.78, 5) is 15.2. The van der Waals surface area contributed by atoms with Crippen molar-refractivity contribution in [3.8, 4) is 0 Å². The van der Waals surface area contributed by atoms with Crippen molar-refractivity contribution in [2.75, 3.05) is 11.9 Å². The van der Waals surface area contributed by atoms with Crippen LogP contribution in [0.15, 0.2) is 54.7 Å². The number of benzene rings is 2. The Hall–Kier alpha value is -3.09. The maximum Gasteiger partial charge on any atom is 0.416 e. The number of nitrogens with two attached hydrogens (primary N) is 1. The molecule has 0 fully saturated rings. The number of nitrogens with one attached hydrogen (secondary N) is 1. The van der Waals surface area contributed by atoms with Crippen LogP contribution < -0.4 is 11.1 Å². The summed E-state index contributed by atoms with van der Waals surface area (Å²) in [6.07, 6.45) is -2.30. The molecule has 7 heteroatoms. The van der Waals surface area contributed by atoms with Crippen molar-refractivity contribution >= 4 is 22.5 Å². The average molecular weight is 359 g/mol. The Morgan fingerprint density at radius 2 is 1.92 bits per heavy atom. The Balaban J connectivity index is 1.75. The molecule has 0 aliphatic carbocycles. The van der Waals surface area contributed by atoms with E-state index in [2.05, 4.69) is 10.3 Å². The van der Waals surface area contributed by atoms with Gasteiger partial charge in [-0.3, -0.25) is 9.78 Å². The molecule has 0 saturated carbocycles. The number of carbonyl (C=O) groups excluding carboxylic acids is 1. The van der Waals surface area contributed by atoms with Gasteiger partial charge in [0.1, 0.15) is 0 Å². The number of amides is 1. The highest BCUT2D eigenvalue weighted by molar-refractivity contribution is 5.93. The minimum absolute atomic E-state index is 0.278. The Bertz CT molecular complexity index is 954. The van der Waals surface area contributed by atoms with Gasteiger partial charge in [-0.2, -0.15) is 13.2 Å². The van der Waals surface area contributed by atoms with Crippen LogP contribution in [-0.2, 0) is 12.6 Å². The number of pyridine rings is 1. The zero-order chi connectivity index (χ0) is 18.7. The molecule has 0 aliphatic heterocycles. The Morgan fingerprint density at radius 3 is 2.65 bits per heavy atom. The molecule has 0 bridgehead atoms. The quantitative estimate of drug-likeness (QED) is 0.723. The van der Waals surface area contributed by atoms with Crippen molar-refractivity contribution in [2.24, 2.45) is 5.73 Å². The van der Waals surface area contributed by atoms with Crippen molar-refractivity contribution in [2.45, 2.75) is 12.6 Å². The first kappa shape index (κ1) is 17.7. The monoisotopic (exact) mass is 359 g/mol. The summed E-state index contributed by atoms with van der Waals surface area (Å²) < 4.78 is 38.5. The SMILES string of the molecule is NC(=O)c1cccc(CCNc2ccnc3cc(C(F)(F)F)ccc23)c1. The molecule has 0 aliphatic rings. The highest BCUT2D eigenvalue weighted by Crippen LogP contribution is 2.32. The van der Waals surface area contributed by atoms with Gasteiger partial charge >= 0.3 is 6.18 Å². The summed E-state index contributed by atoms with van der Waals surface area (Å²) in [5, 5.41) is 3.82. The fraction of sp³-hybridized carbons (Fsp3) is 0.158. The zero-order valence-corrected chi connectivity index (χ0v) is 13.7. The molecule has 1 amide bonds. The summed E-state index contributed by atoms with van der Waals surface area (Å²) in [6.45, 7) is 0.544. The molecular weight excluding hydrogens is 343 g/mol. The normalized spacial score (nSPS) is 11.5. The fourth-order valence-corrected chi connectivity index (χ4v) is 2.70. The van der Waals surface area contributed by atoms with Gasteiger partial charge in [-0.1, -0.05) is 18.2 Å². The molecule has 2 aromatic carbocycles. The molecule has 0 saturated heterocycles. The number of rotatable bonds is 5. The van der Waals surface area contributed by atoms with Gasteiger partial charge in [0.2, 0.25) is 5.91 Å². The third kappa shape index (κ3) is 3.93. The number of fused-ring (bicyclic) bond motifs is 1. The van der Waals surface area contributed by atoms with Crippen LogP contribution in [-0.4, -0.2) is 17.4 Å². The molecule has 1 aromatic heterocycles. The number of alkyl halides is 3. The molecule has 0 atom stereocenters. The molecule has 26 heavy (non-hydrogen) atoms. The van der Waals surface area contributed by atoms with Crippen molar-refractivity contribution in [1.29, 1.82) is 0 Å².